The fourth-order valence-electron chi connectivity index (χ4n) is 1.32. The van der Waals surface area contributed by atoms with E-state index in [0.29, 0.717) is 12.4 Å². The van der Waals surface area contributed by atoms with E-state index in [-0.39, 0.29) is 11.7 Å². The molecule has 0 amide bonds. The zero-order chi connectivity index (χ0) is 12.0. The molecule has 1 rings (SSSR count). The van der Waals surface area contributed by atoms with Gasteiger partial charge in [-0.25, -0.2) is 0 Å². The fourth-order valence-corrected chi connectivity index (χ4v) is 2.23. The zero-order valence-electron chi connectivity index (χ0n) is 9.53. The highest BCUT2D eigenvalue weighted by molar-refractivity contribution is 8.00. The van der Waals surface area contributed by atoms with Gasteiger partial charge >= 0.3 is 5.97 Å². The second kappa shape index (κ2) is 6.43. The lowest BCUT2D eigenvalue weighted by Crippen LogP contribution is -2.06. The molecule has 0 radical (unpaired) electrons. The van der Waals surface area contributed by atoms with Gasteiger partial charge in [-0.05, 0) is 37.1 Å². The van der Waals surface area contributed by atoms with Crippen LogP contribution < -0.4 is 0 Å². The van der Waals surface area contributed by atoms with Crippen LogP contribution in [0.1, 0.15) is 19.4 Å². The minimum Gasteiger partial charge on any atom is -0.508 e. The van der Waals surface area contributed by atoms with E-state index < -0.39 is 0 Å². The maximum absolute atomic E-state index is 11.2. The topological polar surface area (TPSA) is 46.5 Å². The standard InChI is InChI=1S/C12H16O3S/c1-3-9-7-10(13)5-6-11(9)16-8-12(14)15-4-2/h5-7,13H,3-4,8H2,1-2H3. The van der Waals surface area contributed by atoms with Gasteiger partial charge in [0, 0.05) is 4.90 Å². The van der Waals surface area contributed by atoms with Crippen LogP contribution in [0, 0.1) is 0 Å². The van der Waals surface area contributed by atoms with Gasteiger partial charge in [0.25, 0.3) is 0 Å². The van der Waals surface area contributed by atoms with E-state index >= 15 is 0 Å². The third kappa shape index (κ3) is 3.77. The number of ether oxygens (including phenoxy) is 1. The number of carbonyl (C=O) groups is 1. The molecular formula is C12H16O3S. The van der Waals surface area contributed by atoms with Crippen molar-refractivity contribution in [2.24, 2.45) is 0 Å². The molecule has 0 spiro atoms. The fraction of sp³-hybridized carbons (Fsp3) is 0.417. The van der Waals surface area contributed by atoms with E-state index in [1.54, 1.807) is 19.1 Å². The Morgan fingerprint density at radius 1 is 1.44 bits per heavy atom. The molecule has 0 saturated carbocycles. The summed E-state index contributed by atoms with van der Waals surface area (Å²) in [6.45, 7) is 4.22. The lowest BCUT2D eigenvalue weighted by atomic mass is 10.2. The smallest absolute Gasteiger partial charge is 0.316 e. The summed E-state index contributed by atoms with van der Waals surface area (Å²) in [6.07, 6.45) is 0.833. The molecule has 0 unspecified atom stereocenters. The van der Waals surface area contributed by atoms with Crippen molar-refractivity contribution in [3.8, 4) is 5.75 Å². The Morgan fingerprint density at radius 2 is 2.19 bits per heavy atom. The van der Waals surface area contributed by atoms with Crippen LogP contribution >= 0.6 is 11.8 Å². The molecule has 1 aromatic carbocycles. The minimum atomic E-state index is -0.206. The molecule has 3 nitrogen and oxygen atoms in total. The molecule has 1 aromatic rings. The third-order valence-corrected chi connectivity index (χ3v) is 3.17. The number of phenolic OH excluding ortho intramolecular Hbond substituents is 1. The van der Waals surface area contributed by atoms with Crippen molar-refractivity contribution in [3.05, 3.63) is 23.8 Å². The van der Waals surface area contributed by atoms with Crippen LogP contribution in [0.5, 0.6) is 5.75 Å². The number of aryl methyl sites for hydroxylation is 1. The highest BCUT2D eigenvalue weighted by Crippen LogP contribution is 2.26. The van der Waals surface area contributed by atoms with Gasteiger partial charge < -0.3 is 9.84 Å². The number of benzene rings is 1. The number of phenols is 1. The van der Waals surface area contributed by atoms with Crippen LogP contribution in [0.3, 0.4) is 0 Å². The number of carbonyl (C=O) groups excluding carboxylic acids is 1. The number of aromatic hydroxyl groups is 1. The monoisotopic (exact) mass is 240 g/mol. The Hall–Kier alpha value is -1.16. The number of thioether (sulfide) groups is 1. The molecule has 0 aliphatic heterocycles. The molecule has 0 atom stereocenters. The highest BCUT2D eigenvalue weighted by atomic mass is 32.2. The molecule has 0 fully saturated rings. The molecule has 0 aliphatic rings. The largest absolute Gasteiger partial charge is 0.508 e. The Bertz CT molecular complexity index is 363. The first-order valence-corrected chi connectivity index (χ1v) is 6.26. The van der Waals surface area contributed by atoms with Crippen LogP contribution in [0.4, 0.5) is 0 Å². The maximum Gasteiger partial charge on any atom is 0.316 e. The first-order chi connectivity index (χ1) is 7.67. The van der Waals surface area contributed by atoms with Gasteiger partial charge in [0.1, 0.15) is 5.75 Å². The predicted octanol–water partition coefficient (Wildman–Crippen LogP) is 2.61. The lowest BCUT2D eigenvalue weighted by molar-refractivity contribution is -0.139. The van der Waals surface area contributed by atoms with Crippen LogP contribution in [0.15, 0.2) is 23.1 Å². The molecule has 88 valence electrons. The second-order valence-corrected chi connectivity index (χ2v) is 4.26. The van der Waals surface area contributed by atoms with Crippen LogP contribution in [0.2, 0.25) is 0 Å². The first-order valence-electron chi connectivity index (χ1n) is 5.27. The summed E-state index contributed by atoms with van der Waals surface area (Å²) in [5.74, 6) is 0.367. The summed E-state index contributed by atoms with van der Waals surface area (Å²) >= 11 is 1.44. The quantitative estimate of drug-likeness (QED) is 0.635. The average Bonchev–Trinajstić information content (AvgIpc) is 2.27. The van der Waals surface area contributed by atoms with Crippen molar-refractivity contribution in [1.82, 2.24) is 0 Å². The van der Waals surface area contributed by atoms with E-state index in [1.807, 2.05) is 13.0 Å². The van der Waals surface area contributed by atoms with Crippen molar-refractivity contribution in [1.29, 1.82) is 0 Å². The van der Waals surface area contributed by atoms with E-state index in [1.165, 1.54) is 11.8 Å². The van der Waals surface area contributed by atoms with Gasteiger partial charge in [-0.3, -0.25) is 4.79 Å². The third-order valence-electron chi connectivity index (χ3n) is 2.08. The summed E-state index contributed by atoms with van der Waals surface area (Å²) in [5, 5.41) is 9.33. The average molecular weight is 240 g/mol. The molecule has 0 saturated heterocycles. The van der Waals surface area contributed by atoms with Crippen LogP contribution in [-0.2, 0) is 16.0 Å². The Labute approximate surface area is 99.8 Å². The van der Waals surface area contributed by atoms with E-state index in [4.69, 9.17) is 4.74 Å². The number of hydrogen-bond donors (Lipinski definition) is 1. The molecule has 0 bridgehead atoms. The van der Waals surface area contributed by atoms with Crippen LogP contribution in [0.25, 0.3) is 0 Å². The van der Waals surface area contributed by atoms with Crippen molar-refractivity contribution in [2.45, 2.75) is 25.2 Å². The number of esters is 1. The van der Waals surface area contributed by atoms with Gasteiger partial charge in [-0.15, -0.1) is 11.8 Å². The van der Waals surface area contributed by atoms with Crippen LogP contribution in [-0.4, -0.2) is 23.4 Å². The van der Waals surface area contributed by atoms with E-state index in [9.17, 15) is 9.90 Å². The Balaban J connectivity index is 2.63. The summed E-state index contributed by atoms with van der Waals surface area (Å²) in [5.41, 5.74) is 1.05. The molecule has 0 aliphatic carbocycles. The lowest BCUT2D eigenvalue weighted by Gasteiger charge is -2.07. The molecule has 0 aromatic heterocycles. The summed E-state index contributed by atoms with van der Waals surface area (Å²) in [6, 6.07) is 5.19. The highest BCUT2D eigenvalue weighted by Gasteiger charge is 2.07. The Kier molecular flexibility index (Phi) is 5.19. The summed E-state index contributed by atoms with van der Waals surface area (Å²) in [4.78, 5) is 12.2. The number of rotatable bonds is 5. The normalized spacial score (nSPS) is 10.1. The van der Waals surface area contributed by atoms with E-state index in [0.717, 1.165) is 16.9 Å². The van der Waals surface area contributed by atoms with Gasteiger partial charge in [-0.1, -0.05) is 6.92 Å². The summed E-state index contributed by atoms with van der Waals surface area (Å²) in [7, 11) is 0. The minimum absolute atomic E-state index is 0.206. The predicted molar refractivity (Wildman–Crippen MR) is 64.8 cm³/mol. The first kappa shape index (κ1) is 12.9. The van der Waals surface area contributed by atoms with Gasteiger partial charge in [0.15, 0.2) is 0 Å². The molecular weight excluding hydrogens is 224 g/mol. The maximum atomic E-state index is 11.2. The van der Waals surface area contributed by atoms with Crippen molar-refractivity contribution in [3.63, 3.8) is 0 Å². The van der Waals surface area contributed by atoms with Crippen molar-refractivity contribution >= 4 is 17.7 Å². The number of hydrogen-bond acceptors (Lipinski definition) is 4. The second-order valence-electron chi connectivity index (χ2n) is 3.24. The molecule has 0 heterocycles. The SMILES string of the molecule is CCOC(=O)CSc1ccc(O)cc1CC. The molecule has 4 heteroatoms. The van der Waals surface area contributed by atoms with E-state index in [2.05, 4.69) is 0 Å². The van der Waals surface area contributed by atoms with Gasteiger partial charge in [-0.2, -0.15) is 0 Å². The van der Waals surface area contributed by atoms with Gasteiger partial charge in [0.2, 0.25) is 0 Å². The van der Waals surface area contributed by atoms with Crippen molar-refractivity contribution in [2.75, 3.05) is 12.4 Å². The van der Waals surface area contributed by atoms with Crippen molar-refractivity contribution < 1.29 is 14.6 Å². The molecule has 16 heavy (non-hydrogen) atoms. The summed E-state index contributed by atoms with van der Waals surface area (Å²) < 4.78 is 4.85. The zero-order valence-corrected chi connectivity index (χ0v) is 10.3. The molecule has 1 N–H and O–H groups in total. The Morgan fingerprint density at radius 3 is 2.81 bits per heavy atom. The van der Waals surface area contributed by atoms with Gasteiger partial charge in [0.05, 0.1) is 12.4 Å².